The van der Waals surface area contributed by atoms with Crippen molar-refractivity contribution >= 4 is 11.8 Å². The summed E-state index contributed by atoms with van der Waals surface area (Å²) in [6, 6.07) is 13.1. The molecule has 0 saturated heterocycles. The number of rotatable bonds is 5. The zero-order chi connectivity index (χ0) is 17.6. The summed E-state index contributed by atoms with van der Waals surface area (Å²) < 4.78 is 0. The highest BCUT2D eigenvalue weighted by Crippen LogP contribution is 2.18. The van der Waals surface area contributed by atoms with Crippen molar-refractivity contribution in [3.63, 3.8) is 0 Å². The third-order valence-electron chi connectivity index (χ3n) is 4.61. The number of aromatic nitrogens is 1. The summed E-state index contributed by atoms with van der Waals surface area (Å²) >= 11 is 0. The number of pyridine rings is 1. The molecule has 0 radical (unpaired) electrons. The molecule has 3 rings (SSSR count). The number of hydrogen-bond donors (Lipinski definition) is 2. The minimum atomic E-state index is -0.279. The number of nitrogens with zero attached hydrogens (tertiary/aromatic N) is 1. The molecular formula is C20H23N3O2. The summed E-state index contributed by atoms with van der Waals surface area (Å²) in [4.78, 5) is 28.9. The van der Waals surface area contributed by atoms with E-state index in [1.54, 1.807) is 18.2 Å². The van der Waals surface area contributed by atoms with Crippen LogP contribution in [-0.4, -0.2) is 22.8 Å². The highest BCUT2D eigenvalue weighted by molar-refractivity contribution is 5.96. The Morgan fingerprint density at radius 2 is 1.68 bits per heavy atom. The van der Waals surface area contributed by atoms with E-state index in [4.69, 9.17) is 0 Å². The summed E-state index contributed by atoms with van der Waals surface area (Å²) in [6.07, 6.45) is 4.34. The molecule has 0 unspecified atom stereocenters. The zero-order valence-electron chi connectivity index (χ0n) is 14.4. The minimum absolute atomic E-state index is 0.208. The Labute approximate surface area is 147 Å². The maximum absolute atomic E-state index is 12.3. The smallest absolute Gasteiger partial charge is 0.270 e. The maximum atomic E-state index is 12.3. The van der Waals surface area contributed by atoms with Gasteiger partial charge in [0.05, 0.1) is 0 Å². The largest absolute Gasteiger partial charge is 0.348 e. The zero-order valence-corrected chi connectivity index (χ0v) is 14.4. The van der Waals surface area contributed by atoms with Gasteiger partial charge < -0.3 is 10.6 Å². The van der Waals surface area contributed by atoms with E-state index in [1.807, 2.05) is 31.2 Å². The SMILES string of the molecule is Cc1ccccc1CNC(=O)c1cccc(C(=O)NC2CCCC2)n1. The second-order valence-electron chi connectivity index (χ2n) is 6.47. The first kappa shape index (κ1) is 17.1. The predicted octanol–water partition coefficient (Wildman–Crippen LogP) is 2.99. The molecule has 1 aromatic carbocycles. The van der Waals surface area contributed by atoms with Crippen LogP contribution in [-0.2, 0) is 6.54 Å². The lowest BCUT2D eigenvalue weighted by Crippen LogP contribution is -2.33. The fourth-order valence-electron chi connectivity index (χ4n) is 3.09. The topological polar surface area (TPSA) is 71.1 Å². The Balaban J connectivity index is 1.63. The molecule has 1 saturated carbocycles. The summed E-state index contributed by atoms with van der Waals surface area (Å²) in [5.74, 6) is -0.487. The van der Waals surface area contributed by atoms with Gasteiger partial charge in [-0.3, -0.25) is 9.59 Å². The van der Waals surface area contributed by atoms with E-state index >= 15 is 0 Å². The van der Waals surface area contributed by atoms with Gasteiger partial charge in [0.25, 0.3) is 11.8 Å². The second-order valence-corrected chi connectivity index (χ2v) is 6.47. The first-order valence-corrected chi connectivity index (χ1v) is 8.74. The van der Waals surface area contributed by atoms with Crippen molar-refractivity contribution in [1.82, 2.24) is 15.6 Å². The van der Waals surface area contributed by atoms with Gasteiger partial charge in [-0.1, -0.05) is 43.2 Å². The quantitative estimate of drug-likeness (QED) is 0.881. The van der Waals surface area contributed by atoms with Gasteiger partial charge in [0.2, 0.25) is 0 Å². The molecule has 130 valence electrons. The van der Waals surface area contributed by atoms with Crippen LogP contribution in [0, 0.1) is 6.92 Å². The van der Waals surface area contributed by atoms with E-state index in [0.717, 1.165) is 36.8 Å². The molecule has 1 heterocycles. The molecule has 5 nitrogen and oxygen atoms in total. The highest BCUT2D eigenvalue weighted by atomic mass is 16.2. The van der Waals surface area contributed by atoms with Gasteiger partial charge in [0.15, 0.2) is 0 Å². The van der Waals surface area contributed by atoms with E-state index in [9.17, 15) is 9.59 Å². The van der Waals surface area contributed by atoms with E-state index in [2.05, 4.69) is 15.6 Å². The third-order valence-corrected chi connectivity index (χ3v) is 4.61. The molecule has 2 aromatic rings. The number of aryl methyl sites for hydroxylation is 1. The van der Waals surface area contributed by atoms with E-state index in [1.165, 1.54) is 0 Å². The number of carbonyl (C=O) groups excluding carboxylic acids is 2. The van der Waals surface area contributed by atoms with Gasteiger partial charge in [-0.05, 0) is 43.0 Å². The van der Waals surface area contributed by atoms with Gasteiger partial charge in [-0.2, -0.15) is 0 Å². The Morgan fingerprint density at radius 3 is 2.40 bits per heavy atom. The average molecular weight is 337 g/mol. The Hall–Kier alpha value is -2.69. The van der Waals surface area contributed by atoms with Gasteiger partial charge in [0, 0.05) is 12.6 Å². The van der Waals surface area contributed by atoms with Crippen LogP contribution >= 0.6 is 0 Å². The number of hydrogen-bond acceptors (Lipinski definition) is 3. The first-order valence-electron chi connectivity index (χ1n) is 8.74. The lowest BCUT2D eigenvalue weighted by Gasteiger charge is -2.12. The summed E-state index contributed by atoms with van der Waals surface area (Å²) in [7, 11) is 0. The van der Waals surface area contributed by atoms with Crippen LogP contribution in [0.5, 0.6) is 0 Å². The average Bonchev–Trinajstić information content (AvgIpc) is 3.14. The number of amides is 2. The molecule has 1 aliphatic carbocycles. The molecule has 0 spiro atoms. The van der Waals surface area contributed by atoms with Gasteiger partial charge in [0.1, 0.15) is 11.4 Å². The fraction of sp³-hybridized carbons (Fsp3) is 0.350. The third kappa shape index (κ3) is 4.44. The molecular weight excluding hydrogens is 314 g/mol. The second kappa shape index (κ2) is 7.92. The van der Waals surface area contributed by atoms with Crippen molar-refractivity contribution in [2.75, 3.05) is 0 Å². The lowest BCUT2D eigenvalue weighted by molar-refractivity contribution is 0.0931. The lowest BCUT2D eigenvalue weighted by atomic mass is 10.1. The van der Waals surface area contributed by atoms with Crippen molar-refractivity contribution < 1.29 is 9.59 Å². The first-order chi connectivity index (χ1) is 12.1. The molecule has 25 heavy (non-hydrogen) atoms. The van der Waals surface area contributed by atoms with Crippen LogP contribution in [0.2, 0.25) is 0 Å². The van der Waals surface area contributed by atoms with Gasteiger partial charge >= 0.3 is 0 Å². The fourth-order valence-corrected chi connectivity index (χ4v) is 3.09. The normalized spacial score (nSPS) is 14.3. The highest BCUT2D eigenvalue weighted by Gasteiger charge is 2.19. The van der Waals surface area contributed by atoms with Gasteiger partial charge in [-0.25, -0.2) is 4.98 Å². The molecule has 1 aliphatic rings. The van der Waals surface area contributed by atoms with Gasteiger partial charge in [-0.15, -0.1) is 0 Å². The summed E-state index contributed by atoms with van der Waals surface area (Å²) in [5.41, 5.74) is 2.73. The summed E-state index contributed by atoms with van der Waals surface area (Å²) in [6.45, 7) is 2.44. The van der Waals surface area contributed by atoms with Crippen molar-refractivity contribution in [2.24, 2.45) is 0 Å². The van der Waals surface area contributed by atoms with Crippen molar-refractivity contribution in [3.05, 3.63) is 65.0 Å². The molecule has 1 fully saturated rings. The van der Waals surface area contributed by atoms with Crippen molar-refractivity contribution in [1.29, 1.82) is 0 Å². The standard InChI is InChI=1S/C20H23N3O2/c1-14-7-2-3-8-15(14)13-21-19(24)17-11-6-12-18(23-17)20(25)22-16-9-4-5-10-16/h2-3,6-8,11-12,16H,4-5,9-10,13H2,1H3,(H,21,24)(H,22,25). The van der Waals surface area contributed by atoms with Crippen LogP contribution in [0.25, 0.3) is 0 Å². The Bertz CT molecular complexity index is 767. The van der Waals surface area contributed by atoms with Crippen molar-refractivity contribution in [3.8, 4) is 0 Å². The van der Waals surface area contributed by atoms with Crippen molar-refractivity contribution in [2.45, 2.75) is 45.2 Å². The monoisotopic (exact) mass is 337 g/mol. The van der Waals surface area contributed by atoms with Crippen LogP contribution in [0.3, 0.4) is 0 Å². The molecule has 0 aliphatic heterocycles. The Kier molecular flexibility index (Phi) is 5.43. The maximum Gasteiger partial charge on any atom is 0.270 e. The number of carbonyl (C=O) groups is 2. The van der Waals surface area contributed by atoms with E-state index in [0.29, 0.717) is 6.54 Å². The van der Waals surface area contributed by atoms with Crippen LogP contribution in [0.15, 0.2) is 42.5 Å². The Morgan fingerprint density at radius 1 is 1.00 bits per heavy atom. The predicted molar refractivity (Wildman–Crippen MR) is 96.3 cm³/mol. The number of nitrogens with one attached hydrogen (secondary N) is 2. The molecule has 2 N–H and O–H groups in total. The molecule has 2 amide bonds. The number of benzene rings is 1. The van der Waals surface area contributed by atoms with E-state index in [-0.39, 0.29) is 29.2 Å². The van der Waals surface area contributed by atoms with Crippen LogP contribution in [0.4, 0.5) is 0 Å². The van der Waals surface area contributed by atoms with Crippen LogP contribution in [0.1, 0.15) is 57.8 Å². The molecule has 0 bridgehead atoms. The molecule has 0 atom stereocenters. The summed E-state index contributed by atoms with van der Waals surface area (Å²) in [5, 5.41) is 5.86. The van der Waals surface area contributed by atoms with E-state index < -0.39 is 0 Å². The van der Waals surface area contributed by atoms with Crippen LogP contribution < -0.4 is 10.6 Å². The molecule has 1 aromatic heterocycles. The minimum Gasteiger partial charge on any atom is -0.348 e. The molecule has 5 heteroatoms.